The zero-order valence-electron chi connectivity index (χ0n) is 12.2. The molecule has 0 aliphatic heterocycles. The molecule has 1 amide bonds. The second kappa shape index (κ2) is 6.10. The van der Waals surface area contributed by atoms with Crippen molar-refractivity contribution in [3.8, 4) is 11.5 Å². The van der Waals surface area contributed by atoms with E-state index in [-0.39, 0.29) is 5.91 Å². The van der Waals surface area contributed by atoms with E-state index in [4.69, 9.17) is 25.5 Å². The second-order valence-electron chi connectivity index (χ2n) is 4.47. The normalized spacial score (nSPS) is 10.3. The summed E-state index contributed by atoms with van der Waals surface area (Å²) in [6, 6.07) is 4.88. The highest BCUT2D eigenvalue weighted by Gasteiger charge is 2.17. The van der Waals surface area contributed by atoms with Gasteiger partial charge in [0.15, 0.2) is 0 Å². The Morgan fingerprint density at radius 3 is 2.33 bits per heavy atom. The van der Waals surface area contributed by atoms with Crippen LogP contribution in [0.4, 0.5) is 5.69 Å². The van der Waals surface area contributed by atoms with Crippen molar-refractivity contribution in [1.82, 2.24) is 0 Å². The van der Waals surface area contributed by atoms with Crippen LogP contribution in [0.2, 0.25) is 5.02 Å². The number of hydrogen-bond donors (Lipinski definition) is 1. The average Bonchev–Trinajstić information content (AvgIpc) is 2.78. The molecular weight excluding hydrogens is 294 g/mol. The maximum Gasteiger partial charge on any atom is 0.259 e. The molecular formula is C15H16ClNO4. The summed E-state index contributed by atoms with van der Waals surface area (Å²) in [6.45, 7) is 3.52. The van der Waals surface area contributed by atoms with Gasteiger partial charge in [-0.15, -0.1) is 0 Å². The summed E-state index contributed by atoms with van der Waals surface area (Å²) in [7, 11) is 3.02. The van der Waals surface area contributed by atoms with Crippen LogP contribution >= 0.6 is 11.6 Å². The monoisotopic (exact) mass is 309 g/mol. The number of halogens is 1. The number of benzene rings is 1. The largest absolute Gasteiger partial charge is 0.495 e. The second-order valence-corrected chi connectivity index (χ2v) is 4.88. The number of rotatable bonds is 4. The minimum absolute atomic E-state index is 0.288. The van der Waals surface area contributed by atoms with Crippen molar-refractivity contribution in [2.75, 3.05) is 19.5 Å². The van der Waals surface area contributed by atoms with E-state index in [1.54, 1.807) is 32.0 Å². The van der Waals surface area contributed by atoms with Crippen LogP contribution in [-0.2, 0) is 0 Å². The van der Waals surface area contributed by atoms with Crippen LogP contribution in [-0.4, -0.2) is 20.1 Å². The number of ether oxygens (including phenoxy) is 2. The standard InChI is InChI=1S/C15H16ClNO4/c1-8-5-10(9(2)21-8)15(18)17-12-6-11(16)13(19-3)7-14(12)20-4/h5-7H,1-4H3,(H,17,18). The third kappa shape index (κ3) is 3.13. The van der Waals surface area contributed by atoms with Gasteiger partial charge in [-0.2, -0.15) is 0 Å². The van der Waals surface area contributed by atoms with Crippen molar-refractivity contribution in [3.05, 3.63) is 40.3 Å². The number of carbonyl (C=O) groups excluding carboxylic acids is 1. The highest BCUT2D eigenvalue weighted by molar-refractivity contribution is 6.32. The van der Waals surface area contributed by atoms with Gasteiger partial charge in [0, 0.05) is 6.07 Å². The van der Waals surface area contributed by atoms with E-state index in [2.05, 4.69) is 5.32 Å². The van der Waals surface area contributed by atoms with Gasteiger partial charge in [-0.05, 0) is 26.0 Å². The van der Waals surface area contributed by atoms with Gasteiger partial charge in [0.2, 0.25) is 0 Å². The lowest BCUT2D eigenvalue weighted by atomic mass is 10.2. The first kappa shape index (κ1) is 15.3. The highest BCUT2D eigenvalue weighted by atomic mass is 35.5. The van der Waals surface area contributed by atoms with Crippen LogP contribution in [0.25, 0.3) is 0 Å². The lowest BCUT2D eigenvalue weighted by Crippen LogP contribution is -2.13. The molecule has 0 spiro atoms. The SMILES string of the molecule is COc1cc(OC)c(NC(=O)c2cc(C)oc2C)cc1Cl. The van der Waals surface area contributed by atoms with Crippen molar-refractivity contribution >= 4 is 23.2 Å². The first-order valence-corrected chi connectivity index (χ1v) is 6.64. The van der Waals surface area contributed by atoms with E-state index in [0.29, 0.717) is 39.3 Å². The maximum absolute atomic E-state index is 12.3. The summed E-state index contributed by atoms with van der Waals surface area (Å²) in [5, 5.41) is 3.14. The van der Waals surface area contributed by atoms with Gasteiger partial charge in [0.25, 0.3) is 5.91 Å². The van der Waals surface area contributed by atoms with Gasteiger partial charge in [-0.3, -0.25) is 4.79 Å². The maximum atomic E-state index is 12.3. The minimum Gasteiger partial charge on any atom is -0.495 e. The molecule has 0 unspecified atom stereocenters. The molecule has 2 rings (SSSR count). The summed E-state index contributed by atoms with van der Waals surface area (Å²) in [6.07, 6.45) is 0. The number of carbonyl (C=O) groups is 1. The minimum atomic E-state index is -0.288. The van der Waals surface area contributed by atoms with Crippen molar-refractivity contribution in [3.63, 3.8) is 0 Å². The highest BCUT2D eigenvalue weighted by Crippen LogP contribution is 2.36. The van der Waals surface area contributed by atoms with Crippen LogP contribution in [0, 0.1) is 13.8 Å². The Labute approximate surface area is 127 Å². The number of amides is 1. The molecule has 0 saturated carbocycles. The fraction of sp³-hybridized carbons (Fsp3) is 0.267. The lowest BCUT2D eigenvalue weighted by Gasteiger charge is -2.12. The Morgan fingerprint density at radius 1 is 1.14 bits per heavy atom. The summed E-state index contributed by atoms with van der Waals surface area (Å²) in [4.78, 5) is 12.3. The van der Waals surface area contributed by atoms with E-state index in [1.165, 1.54) is 14.2 Å². The van der Waals surface area contributed by atoms with Crippen LogP contribution in [0.3, 0.4) is 0 Å². The summed E-state index contributed by atoms with van der Waals surface area (Å²) >= 11 is 6.07. The predicted molar refractivity (Wildman–Crippen MR) is 80.7 cm³/mol. The van der Waals surface area contributed by atoms with Crippen molar-refractivity contribution < 1.29 is 18.7 Å². The molecule has 2 aromatic rings. The Bertz CT molecular complexity index is 679. The number of furan rings is 1. The third-order valence-electron chi connectivity index (χ3n) is 3.01. The fourth-order valence-electron chi connectivity index (χ4n) is 2.00. The van der Waals surface area contributed by atoms with Gasteiger partial charge in [0.05, 0.1) is 30.5 Å². The molecule has 1 aromatic carbocycles. The van der Waals surface area contributed by atoms with Crippen molar-refractivity contribution in [2.45, 2.75) is 13.8 Å². The van der Waals surface area contributed by atoms with E-state index < -0.39 is 0 Å². The first-order valence-electron chi connectivity index (χ1n) is 6.26. The molecule has 0 saturated heterocycles. The van der Waals surface area contributed by atoms with Crippen molar-refractivity contribution in [1.29, 1.82) is 0 Å². The number of anilines is 1. The van der Waals surface area contributed by atoms with Crippen LogP contribution in [0.1, 0.15) is 21.9 Å². The molecule has 0 radical (unpaired) electrons. The molecule has 0 atom stereocenters. The molecule has 112 valence electrons. The summed E-state index contributed by atoms with van der Waals surface area (Å²) in [5.74, 6) is 1.88. The number of hydrogen-bond acceptors (Lipinski definition) is 4. The topological polar surface area (TPSA) is 60.7 Å². The summed E-state index contributed by atoms with van der Waals surface area (Å²) in [5.41, 5.74) is 0.938. The Hall–Kier alpha value is -2.14. The van der Waals surface area contributed by atoms with Crippen molar-refractivity contribution in [2.24, 2.45) is 0 Å². The van der Waals surface area contributed by atoms with Gasteiger partial charge in [0.1, 0.15) is 23.0 Å². The average molecular weight is 310 g/mol. The number of nitrogens with one attached hydrogen (secondary N) is 1. The van der Waals surface area contributed by atoms with E-state index in [1.807, 2.05) is 0 Å². The summed E-state index contributed by atoms with van der Waals surface area (Å²) < 4.78 is 15.7. The number of methoxy groups -OCH3 is 2. The van der Waals surface area contributed by atoms with Crippen LogP contribution < -0.4 is 14.8 Å². The van der Waals surface area contributed by atoms with Gasteiger partial charge in [-0.25, -0.2) is 0 Å². The zero-order chi connectivity index (χ0) is 15.6. The Kier molecular flexibility index (Phi) is 4.43. The van der Waals surface area contributed by atoms with Gasteiger partial charge in [-0.1, -0.05) is 11.6 Å². The molecule has 1 heterocycles. The first-order chi connectivity index (χ1) is 9.96. The van der Waals surface area contributed by atoms with Crippen LogP contribution in [0.15, 0.2) is 22.6 Å². The molecule has 1 aromatic heterocycles. The third-order valence-corrected chi connectivity index (χ3v) is 3.30. The predicted octanol–water partition coefficient (Wildman–Crippen LogP) is 3.82. The van der Waals surface area contributed by atoms with Gasteiger partial charge < -0.3 is 19.2 Å². The van der Waals surface area contributed by atoms with Crippen LogP contribution in [0.5, 0.6) is 11.5 Å². The molecule has 0 aliphatic rings. The Balaban J connectivity index is 2.32. The molecule has 21 heavy (non-hydrogen) atoms. The molecule has 5 nitrogen and oxygen atoms in total. The van der Waals surface area contributed by atoms with E-state index in [9.17, 15) is 4.79 Å². The molecule has 0 fully saturated rings. The van der Waals surface area contributed by atoms with Gasteiger partial charge >= 0.3 is 0 Å². The lowest BCUT2D eigenvalue weighted by molar-refractivity contribution is 0.102. The van der Waals surface area contributed by atoms with E-state index in [0.717, 1.165) is 0 Å². The fourth-order valence-corrected chi connectivity index (χ4v) is 2.24. The smallest absolute Gasteiger partial charge is 0.259 e. The Morgan fingerprint density at radius 2 is 1.81 bits per heavy atom. The molecule has 6 heteroatoms. The molecule has 0 aliphatic carbocycles. The zero-order valence-corrected chi connectivity index (χ0v) is 13.0. The van der Waals surface area contributed by atoms with E-state index >= 15 is 0 Å². The quantitative estimate of drug-likeness (QED) is 0.932. The number of aryl methyl sites for hydroxylation is 2. The molecule has 0 bridgehead atoms. The molecule has 1 N–H and O–H groups in total.